The lowest BCUT2D eigenvalue weighted by Gasteiger charge is -2.08. The number of anilines is 2. The number of aromatic nitrogens is 4. The van der Waals surface area contributed by atoms with E-state index < -0.39 is 0 Å². The Morgan fingerprint density at radius 1 is 1.09 bits per heavy atom. The number of benzene rings is 2. The summed E-state index contributed by atoms with van der Waals surface area (Å²) >= 11 is 0. The van der Waals surface area contributed by atoms with Crippen molar-refractivity contribution in [2.45, 2.75) is 19.3 Å². The quantitative estimate of drug-likeness (QED) is 0.231. The zero-order chi connectivity index (χ0) is 22.3. The van der Waals surface area contributed by atoms with Gasteiger partial charge in [-0.05, 0) is 24.6 Å². The van der Waals surface area contributed by atoms with Gasteiger partial charge in [-0.3, -0.25) is 9.59 Å². The number of hydrogen-bond acceptors (Lipinski definition) is 8. The van der Waals surface area contributed by atoms with Gasteiger partial charge in [-0.25, -0.2) is 5.10 Å². The summed E-state index contributed by atoms with van der Waals surface area (Å²) in [6.07, 6.45) is 1.30. The Hall–Kier alpha value is -4.21. The summed E-state index contributed by atoms with van der Waals surface area (Å²) < 4.78 is 5.22. The maximum absolute atomic E-state index is 12.1. The SMILES string of the molecule is Nc1cccc(-c2noc(CCC(=O)NCCCNc3n[nH]c(=O)c4ccccc34)n2)c1. The van der Waals surface area contributed by atoms with Crippen molar-refractivity contribution in [2.75, 3.05) is 24.1 Å². The van der Waals surface area contributed by atoms with Crippen LogP contribution in [0.3, 0.4) is 0 Å². The van der Waals surface area contributed by atoms with Crippen LogP contribution in [-0.2, 0) is 11.2 Å². The summed E-state index contributed by atoms with van der Waals surface area (Å²) in [5.41, 5.74) is 6.93. The first-order valence-electron chi connectivity index (χ1n) is 10.3. The van der Waals surface area contributed by atoms with Gasteiger partial charge in [-0.1, -0.05) is 35.5 Å². The number of carbonyl (C=O) groups is 1. The average molecular weight is 433 g/mol. The third-order valence-electron chi connectivity index (χ3n) is 4.84. The van der Waals surface area contributed by atoms with Gasteiger partial charge in [0.25, 0.3) is 5.56 Å². The summed E-state index contributed by atoms with van der Waals surface area (Å²) in [7, 11) is 0. The highest BCUT2D eigenvalue weighted by Gasteiger charge is 2.11. The number of H-pyrrole nitrogens is 1. The molecule has 0 fully saturated rings. The molecule has 10 nitrogen and oxygen atoms in total. The Balaban J connectivity index is 1.19. The summed E-state index contributed by atoms with van der Waals surface area (Å²) in [6.45, 7) is 1.10. The van der Waals surface area contributed by atoms with Crippen LogP contribution in [0.4, 0.5) is 11.5 Å². The number of nitrogens with zero attached hydrogens (tertiary/aromatic N) is 3. The van der Waals surface area contributed by atoms with Crippen LogP contribution in [0.15, 0.2) is 57.8 Å². The Kier molecular flexibility index (Phi) is 6.40. The summed E-state index contributed by atoms with van der Waals surface area (Å²) in [4.78, 5) is 28.2. The topological polar surface area (TPSA) is 152 Å². The van der Waals surface area contributed by atoms with E-state index in [4.69, 9.17) is 10.3 Å². The van der Waals surface area contributed by atoms with Crippen molar-refractivity contribution in [1.82, 2.24) is 25.7 Å². The standard InChI is InChI=1S/C22H23N7O3/c23-15-6-3-5-14(13-15)20-26-19(32-29-20)10-9-18(30)24-11-4-12-25-21-16-7-1-2-8-17(16)22(31)28-27-21/h1-3,5-8,13H,4,9-12,23H2,(H,24,30)(H,25,27)(H,28,31). The zero-order valence-electron chi connectivity index (χ0n) is 17.3. The minimum Gasteiger partial charge on any atom is -0.399 e. The summed E-state index contributed by atoms with van der Waals surface area (Å²) in [5, 5.41) is 17.9. The fourth-order valence-electron chi connectivity index (χ4n) is 3.23. The molecule has 0 unspecified atom stereocenters. The second-order valence-electron chi connectivity index (χ2n) is 7.21. The van der Waals surface area contributed by atoms with Gasteiger partial charge in [0.2, 0.25) is 17.6 Å². The molecule has 0 spiro atoms. The van der Waals surface area contributed by atoms with Gasteiger partial charge in [0.15, 0.2) is 5.82 Å². The van der Waals surface area contributed by atoms with Crippen LogP contribution in [0.5, 0.6) is 0 Å². The molecule has 0 saturated heterocycles. The number of aryl methyl sites for hydroxylation is 1. The van der Waals surface area contributed by atoms with E-state index in [-0.39, 0.29) is 17.9 Å². The van der Waals surface area contributed by atoms with E-state index in [0.717, 1.165) is 10.9 Å². The van der Waals surface area contributed by atoms with Crippen LogP contribution in [0, 0.1) is 0 Å². The van der Waals surface area contributed by atoms with E-state index in [2.05, 4.69) is 31.0 Å². The number of fused-ring (bicyclic) bond motifs is 1. The summed E-state index contributed by atoms with van der Waals surface area (Å²) in [6, 6.07) is 14.5. The van der Waals surface area contributed by atoms with Gasteiger partial charge in [-0.15, -0.1) is 0 Å². The number of nitrogens with two attached hydrogens (primary N) is 1. The highest BCUT2D eigenvalue weighted by molar-refractivity contribution is 5.90. The minimum atomic E-state index is -0.223. The van der Waals surface area contributed by atoms with Crippen molar-refractivity contribution in [1.29, 1.82) is 0 Å². The van der Waals surface area contributed by atoms with E-state index in [1.54, 1.807) is 18.2 Å². The van der Waals surface area contributed by atoms with Crippen LogP contribution in [0.1, 0.15) is 18.7 Å². The van der Waals surface area contributed by atoms with Crippen LogP contribution < -0.4 is 21.9 Å². The first-order chi connectivity index (χ1) is 15.6. The molecular weight excluding hydrogens is 410 g/mol. The van der Waals surface area contributed by atoms with Gasteiger partial charge in [-0.2, -0.15) is 10.1 Å². The highest BCUT2D eigenvalue weighted by Crippen LogP contribution is 2.19. The smallest absolute Gasteiger partial charge is 0.272 e. The van der Waals surface area contributed by atoms with Crippen molar-refractivity contribution in [3.63, 3.8) is 0 Å². The molecule has 1 amide bonds. The van der Waals surface area contributed by atoms with Gasteiger partial charge in [0.1, 0.15) is 0 Å². The number of nitrogens with one attached hydrogen (secondary N) is 3. The lowest BCUT2D eigenvalue weighted by molar-refractivity contribution is -0.121. The Morgan fingerprint density at radius 3 is 2.78 bits per heavy atom. The van der Waals surface area contributed by atoms with Gasteiger partial charge in [0.05, 0.1) is 5.39 Å². The second-order valence-corrected chi connectivity index (χ2v) is 7.21. The maximum Gasteiger partial charge on any atom is 0.272 e. The van der Waals surface area contributed by atoms with E-state index in [1.807, 2.05) is 30.3 Å². The molecule has 4 aromatic rings. The molecule has 0 aliphatic rings. The Bertz CT molecular complexity index is 1280. The zero-order valence-corrected chi connectivity index (χ0v) is 17.3. The molecule has 0 atom stereocenters. The fraction of sp³-hybridized carbons (Fsp3) is 0.227. The highest BCUT2D eigenvalue weighted by atomic mass is 16.5. The Morgan fingerprint density at radius 2 is 1.94 bits per heavy atom. The predicted molar refractivity (Wildman–Crippen MR) is 121 cm³/mol. The fourth-order valence-corrected chi connectivity index (χ4v) is 3.23. The molecule has 5 N–H and O–H groups in total. The molecule has 0 aliphatic heterocycles. The molecular formula is C22H23N7O3. The number of hydrogen-bond donors (Lipinski definition) is 4. The van der Waals surface area contributed by atoms with Crippen molar-refractivity contribution in [3.05, 3.63) is 64.8 Å². The van der Waals surface area contributed by atoms with E-state index in [9.17, 15) is 9.59 Å². The molecule has 0 saturated carbocycles. The molecule has 164 valence electrons. The molecule has 32 heavy (non-hydrogen) atoms. The molecule has 0 bridgehead atoms. The lowest BCUT2D eigenvalue weighted by Crippen LogP contribution is -2.26. The van der Waals surface area contributed by atoms with Crippen LogP contribution in [0.25, 0.3) is 22.2 Å². The van der Waals surface area contributed by atoms with Gasteiger partial charge < -0.3 is 20.9 Å². The third kappa shape index (κ3) is 5.09. The van der Waals surface area contributed by atoms with Crippen molar-refractivity contribution in [3.8, 4) is 11.4 Å². The number of rotatable bonds is 9. The normalized spacial score (nSPS) is 10.9. The first-order valence-corrected chi connectivity index (χ1v) is 10.3. The van der Waals surface area contributed by atoms with Crippen LogP contribution >= 0.6 is 0 Å². The monoisotopic (exact) mass is 433 g/mol. The second kappa shape index (κ2) is 9.73. The van der Waals surface area contributed by atoms with Crippen molar-refractivity contribution in [2.24, 2.45) is 0 Å². The van der Waals surface area contributed by atoms with E-state index in [1.165, 1.54) is 0 Å². The molecule has 0 aliphatic carbocycles. The van der Waals surface area contributed by atoms with E-state index in [0.29, 0.717) is 54.5 Å². The average Bonchev–Trinajstić information content (AvgIpc) is 3.28. The molecule has 10 heteroatoms. The number of aromatic amines is 1. The molecule has 0 radical (unpaired) electrons. The van der Waals surface area contributed by atoms with Crippen molar-refractivity contribution >= 4 is 28.2 Å². The maximum atomic E-state index is 12.1. The largest absolute Gasteiger partial charge is 0.399 e. The number of nitrogen functional groups attached to an aromatic ring is 1. The van der Waals surface area contributed by atoms with Crippen LogP contribution in [-0.4, -0.2) is 39.3 Å². The van der Waals surface area contributed by atoms with Crippen molar-refractivity contribution < 1.29 is 9.32 Å². The number of amides is 1. The van der Waals surface area contributed by atoms with E-state index >= 15 is 0 Å². The van der Waals surface area contributed by atoms with Gasteiger partial charge in [0, 0.05) is 42.6 Å². The Labute approximate surface area is 183 Å². The molecule has 2 aromatic heterocycles. The minimum absolute atomic E-state index is 0.0960. The molecule has 2 aromatic carbocycles. The lowest BCUT2D eigenvalue weighted by atomic mass is 10.2. The molecule has 2 heterocycles. The third-order valence-corrected chi connectivity index (χ3v) is 4.84. The predicted octanol–water partition coefficient (Wildman–Crippen LogP) is 2.11. The summed E-state index contributed by atoms with van der Waals surface area (Å²) in [5.74, 6) is 1.36. The first kappa shape index (κ1) is 21.0. The molecule has 4 rings (SSSR count). The number of carbonyl (C=O) groups excluding carboxylic acids is 1. The van der Waals surface area contributed by atoms with Gasteiger partial charge >= 0.3 is 0 Å². The van der Waals surface area contributed by atoms with Crippen LogP contribution in [0.2, 0.25) is 0 Å².